The van der Waals surface area contributed by atoms with E-state index in [-0.39, 0.29) is 11.3 Å². The third-order valence-electron chi connectivity index (χ3n) is 7.28. The van der Waals surface area contributed by atoms with Crippen LogP contribution in [0.2, 0.25) is 0 Å². The number of carbonyl (C=O) groups is 2. The van der Waals surface area contributed by atoms with Crippen molar-refractivity contribution in [3.8, 4) is 23.0 Å². The molecule has 0 spiro atoms. The smallest absolute Gasteiger partial charge is 0.295 e. The lowest BCUT2D eigenvalue weighted by molar-refractivity contribution is -0.140. The molecule has 0 aromatic heterocycles. The molecule has 8 nitrogen and oxygen atoms in total. The van der Waals surface area contributed by atoms with Crippen LogP contribution in [0.15, 0.2) is 78.4 Å². The molecule has 0 unspecified atom stereocenters. The molecule has 0 aliphatic carbocycles. The Balaban J connectivity index is 1.54. The van der Waals surface area contributed by atoms with Crippen LogP contribution >= 0.6 is 0 Å². The molecule has 1 fully saturated rings. The van der Waals surface area contributed by atoms with Crippen LogP contribution in [0.25, 0.3) is 5.76 Å². The molecule has 40 heavy (non-hydrogen) atoms. The second-order valence-electron chi connectivity index (χ2n) is 9.72. The zero-order valence-corrected chi connectivity index (χ0v) is 22.8. The lowest BCUT2D eigenvalue weighted by Crippen LogP contribution is -2.33. The van der Waals surface area contributed by atoms with Gasteiger partial charge in [-0.15, -0.1) is 0 Å². The van der Waals surface area contributed by atoms with Crippen molar-refractivity contribution in [1.82, 2.24) is 9.80 Å². The highest BCUT2D eigenvalue weighted by atomic mass is 16.6. The number of para-hydroxylation sites is 1. The largest absolute Gasteiger partial charge is 0.507 e. The summed E-state index contributed by atoms with van der Waals surface area (Å²) in [5.74, 6) is 0.704. The maximum Gasteiger partial charge on any atom is 0.295 e. The fraction of sp³-hybridized carbons (Fsp3) is 0.312. The van der Waals surface area contributed by atoms with Gasteiger partial charge in [-0.25, -0.2) is 0 Å². The van der Waals surface area contributed by atoms with Crippen LogP contribution in [-0.2, 0) is 9.59 Å². The van der Waals surface area contributed by atoms with Crippen molar-refractivity contribution < 1.29 is 28.9 Å². The number of aliphatic hydroxyl groups is 1. The van der Waals surface area contributed by atoms with Gasteiger partial charge in [0.05, 0.1) is 11.6 Å². The van der Waals surface area contributed by atoms with Crippen LogP contribution in [0.1, 0.15) is 37.4 Å². The number of Topliss-reactive ketones (excluding diaryl/α,β-unsaturated/α-hetero) is 1. The van der Waals surface area contributed by atoms with Gasteiger partial charge in [-0.05, 0) is 74.1 Å². The quantitative estimate of drug-likeness (QED) is 0.208. The lowest BCUT2D eigenvalue weighted by Gasteiger charge is -2.27. The number of rotatable bonds is 10. The molecule has 2 heterocycles. The maximum atomic E-state index is 13.5. The molecule has 3 aromatic rings. The number of aliphatic hydroxyl groups excluding tert-OH is 1. The number of hydrogen-bond donors (Lipinski definition) is 1. The van der Waals surface area contributed by atoms with E-state index in [2.05, 4.69) is 18.7 Å². The molecule has 2 aliphatic rings. The summed E-state index contributed by atoms with van der Waals surface area (Å²) in [6.07, 6.45) is 0.690. The summed E-state index contributed by atoms with van der Waals surface area (Å²) < 4.78 is 17.3. The molecule has 208 valence electrons. The Kier molecular flexibility index (Phi) is 8.36. The van der Waals surface area contributed by atoms with Crippen LogP contribution in [0, 0.1) is 0 Å². The van der Waals surface area contributed by atoms with E-state index < -0.39 is 17.7 Å². The average molecular weight is 543 g/mol. The van der Waals surface area contributed by atoms with Gasteiger partial charge in [0.1, 0.15) is 30.5 Å². The van der Waals surface area contributed by atoms with E-state index in [0.29, 0.717) is 60.3 Å². The van der Waals surface area contributed by atoms with Crippen LogP contribution in [0.4, 0.5) is 0 Å². The monoisotopic (exact) mass is 542 g/mol. The minimum atomic E-state index is -0.774. The average Bonchev–Trinajstić information content (AvgIpc) is 3.24. The molecule has 3 aromatic carbocycles. The summed E-state index contributed by atoms with van der Waals surface area (Å²) >= 11 is 0. The first-order chi connectivity index (χ1) is 19.5. The molecule has 1 atom stereocenters. The first kappa shape index (κ1) is 27.3. The highest BCUT2D eigenvalue weighted by Gasteiger charge is 2.46. The van der Waals surface area contributed by atoms with Crippen LogP contribution in [-0.4, -0.2) is 66.0 Å². The Bertz CT molecular complexity index is 1400. The normalized spacial score (nSPS) is 17.9. The van der Waals surface area contributed by atoms with Crippen molar-refractivity contribution in [1.29, 1.82) is 0 Å². The minimum absolute atomic E-state index is 0.0429. The summed E-state index contributed by atoms with van der Waals surface area (Å²) in [5, 5.41) is 11.5. The van der Waals surface area contributed by atoms with Gasteiger partial charge in [-0.1, -0.05) is 44.2 Å². The summed E-state index contributed by atoms with van der Waals surface area (Å²) in [4.78, 5) is 30.7. The Morgan fingerprint density at radius 1 is 0.925 bits per heavy atom. The Morgan fingerprint density at radius 3 is 2.40 bits per heavy atom. The van der Waals surface area contributed by atoms with Crippen LogP contribution < -0.4 is 14.2 Å². The molecule has 0 radical (unpaired) electrons. The number of ether oxygens (including phenoxy) is 3. The first-order valence-electron chi connectivity index (χ1n) is 13.7. The molecule has 2 aliphatic heterocycles. The van der Waals surface area contributed by atoms with Crippen molar-refractivity contribution in [2.75, 3.05) is 39.4 Å². The van der Waals surface area contributed by atoms with Gasteiger partial charge in [-0.2, -0.15) is 0 Å². The standard InChI is InChI=1S/C32H34N2O6/c1-3-33(4-2)16-9-17-34-29(22-10-8-13-25(20-22)40-24-11-6-5-7-12-24)28(31(36)32(34)37)30(35)23-14-15-26-27(21-23)39-19-18-38-26/h5-8,10-15,20-21,29,35H,3-4,9,16-19H2,1-2H3/b30-28+/t29-/m1/s1. The van der Waals surface area contributed by atoms with Gasteiger partial charge in [0.15, 0.2) is 11.5 Å². The molecule has 1 saturated heterocycles. The minimum Gasteiger partial charge on any atom is -0.507 e. The van der Waals surface area contributed by atoms with E-state index in [1.807, 2.05) is 54.6 Å². The van der Waals surface area contributed by atoms with Crippen LogP contribution in [0.5, 0.6) is 23.0 Å². The predicted molar refractivity (Wildman–Crippen MR) is 152 cm³/mol. The second-order valence-corrected chi connectivity index (χ2v) is 9.72. The highest BCUT2D eigenvalue weighted by Crippen LogP contribution is 2.42. The fourth-order valence-corrected chi connectivity index (χ4v) is 5.18. The summed E-state index contributed by atoms with van der Waals surface area (Å²) in [6.45, 7) is 8.00. The number of benzene rings is 3. The van der Waals surface area contributed by atoms with E-state index in [4.69, 9.17) is 14.2 Å². The second kappa shape index (κ2) is 12.3. The SMILES string of the molecule is CCN(CC)CCCN1C(=O)C(=O)/C(=C(/O)c2ccc3c(c2)OCCO3)[C@H]1c1cccc(Oc2ccccc2)c1. The molecule has 0 bridgehead atoms. The molecule has 1 N–H and O–H groups in total. The van der Waals surface area contributed by atoms with Crippen molar-refractivity contribution in [3.05, 3.63) is 89.5 Å². The van der Waals surface area contributed by atoms with Gasteiger partial charge >= 0.3 is 0 Å². The number of likely N-dealkylation sites (tertiary alicyclic amines) is 1. The van der Waals surface area contributed by atoms with Gasteiger partial charge in [0.2, 0.25) is 0 Å². The van der Waals surface area contributed by atoms with E-state index in [0.717, 1.165) is 19.6 Å². The first-order valence-corrected chi connectivity index (χ1v) is 13.7. The van der Waals surface area contributed by atoms with Gasteiger partial charge in [-0.3, -0.25) is 9.59 Å². The van der Waals surface area contributed by atoms with Gasteiger partial charge in [0, 0.05) is 12.1 Å². The number of amides is 1. The number of fused-ring (bicyclic) bond motifs is 1. The van der Waals surface area contributed by atoms with Crippen molar-refractivity contribution in [2.24, 2.45) is 0 Å². The summed E-state index contributed by atoms with van der Waals surface area (Å²) in [7, 11) is 0. The number of hydrogen-bond acceptors (Lipinski definition) is 7. The zero-order chi connectivity index (χ0) is 28.1. The van der Waals surface area contributed by atoms with Crippen molar-refractivity contribution in [2.45, 2.75) is 26.3 Å². The Labute approximate surface area is 234 Å². The molecule has 0 saturated carbocycles. The third-order valence-corrected chi connectivity index (χ3v) is 7.28. The van der Waals surface area contributed by atoms with Gasteiger partial charge in [0.25, 0.3) is 11.7 Å². The summed E-state index contributed by atoms with van der Waals surface area (Å²) in [6, 6.07) is 20.9. The third kappa shape index (κ3) is 5.67. The van der Waals surface area contributed by atoms with E-state index in [1.54, 1.807) is 23.1 Å². The molecular weight excluding hydrogens is 508 g/mol. The van der Waals surface area contributed by atoms with Gasteiger partial charge < -0.3 is 29.1 Å². The number of carbonyl (C=O) groups excluding carboxylic acids is 2. The highest BCUT2D eigenvalue weighted by molar-refractivity contribution is 6.46. The van der Waals surface area contributed by atoms with Crippen LogP contribution in [0.3, 0.4) is 0 Å². The molecular formula is C32H34N2O6. The number of ketones is 1. The molecule has 1 amide bonds. The van der Waals surface area contributed by atoms with E-state index >= 15 is 0 Å². The van der Waals surface area contributed by atoms with Crippen molar-refractivity contribution in [3.63, 3.8) is 0 Å². The predicted octanol–water partition coefficient (Wildman–Crippen LogP) is 5.40. The summed E-state index contributed by atoms with van der Waals surface area (Å²) in [5.41, 5.74) is 1.10. The zero-order valence-electron chi connectivity index (χ0n) is 22.8. The number of nitrogens with zero attached hydrogens (tertiary/aromatic N) is 2. The topological polar surface area (TPSA) is 88.5 Å². The Hall–Kier alpha value is -4.30. The van der Waals surface area contributed by atoms with E-state index in [1.165, 1.54) is 0 Å². The fourth-order valence-electron chi connectivity index (χ4n) is 5.18. The Morgan fingerprint density at radius 2 is 1.65 bits per heavy atom. The van der Waals surface area contributed by atoms with Crippen molar-refractivity contribution >= 4 is 17.4 Å². The molecule has 5 rings (SSSR count). The van der Waals surface area contributed by atoms with E-state index in [9.17, 15) is 14.7 Å². The maximum absolute atomic E-state index is 13.5. The molecule has 8 heteroatoms. The lowest BCUT2D eigenvalue weighted by atomic mass is 9.95.